The number of hydrogen-bond donors (Lipinski definition) is 4. The first-order valence-electron chi connectivity index (χ1n) is 42.6. The standard InChI is InChI=1S/C25H23F3N2O4.C24H21Cl2F3N2O2.2C24H22F3N3O4/c1-2-21(31)30(18-11-6-8-16(14-18)25(26,27)28)22(24(32)29-17-9-4-3-5-10-17)19-12-7-13-20-23(19)34-15-33-20;1-2-21(32)31(18-10-6-7-15(13-18)24(27,28)29)22(19-12-11-16(25)14-20(19)26)23(33)30-17-8-4-3-5-9-17;1-2-21(31)29(18-12-8-9-16(15-18)24(25,26)27)22(19-13-6-7-14-20(19)30(33)34)23(32)28-17-10-4-3-5-11-17;1-2-21(31)29(20-10-6-7-17(15-20)24(25,26)27)22(16-11-13-19(14-12-16)30(33)34)23(32)28-18-8-4-3-5-9-18/h1,6-8,11-14,17,22H,3-5,9-10,15H2,(H,29,32);1,6-7,10-14,17,22H,3-5,8-9H2,(H,30,33);1,6-9,12-15,17,22H,3-5,10-11H2,(H,28,32);1,6-7,10-15,18,22H,3-5,8-9H2,(H,28,32). The molecule has 0 spiro atoms. The number of nitrogens with one attached hydrogen (secondary N) is 4. The minimum Gasteiger partial charge on any atom is -0.454 e. The molecule has 4 unspecified atom stereocenters. The zero-order chi connectivity index (χ0) is 98.2. The lowest BCUT2D eigenvalue weighted by atomic mass is 9.94. The number of nitro benzene ring substituents is 2. The van der Waals surface area contributed by atoms with E-state index in [0.29, 0.717) is 34.6 Å². The van der Waals surface area contributed by atoms with E-state index in [1.807, 2.05) is 23.7 Å². The van der Waals surface area contributed by atoms with Crippen LogP contribution in [0.5, 0.6) is 11.5 Å². The van der Waals surface area contributed by atoms with Crippen LogP contribution >= 0.6 is 23.2 Å². The molecule has 0 saturated heterocycles. The van der Waals surface area contributed by atoms with Crippen molar-refractivity contribution in [2.45, 2.75) is 201 Å². The maximum absolute atomic E-state index is 13.6. The molecule has 8 aromatic carbocycles. The van der Waals surface area contributed by atoms with Gasteiger partial charge in [0.25, 0.3) is 11.4 Å². The van der Waals surface area contributed by atoms with Gasteiger partial charge in [0.2, 0.25) is 30.4 Å². The van der Waals surface area contributed by atoms with Crippen molar-refractivity contribution in [3.05, 3.63) is 257 Å². The van der Waals surface area contributed by atoms with Crippen LogP contribution in [0.2, 0.25) is 10.0 Å². The number of rotatable bonds is 22. The lowest BCUT2D eigenvalue weighted by molar-refractivity contribution is -0.385. The SMILES string of the molecule is C#CC(=O)N(c1cccc(C(F)(F)F)c1)C(C(=O)NC1CCCCC1)c1ccc(Cl)cc1Cl.C#CC(=O)N(c1cccc(C(F)(F)F)c1)C(C(=O)NC1CCCCC1)c1ccc([N+](=O)[O-])cc1.C#CC(=O)N(c1cccc(C(F)(F)F)c1)C(C(=O)NC1CCCCC1)c1cccc2c1OCO2.C#CC(=O)N(c1cccc(C(F)(F)F)c1)C(C(=O)NC1CCCCC1)c1ccccc1[N+](=O)[O-]. The van der Waals surface area contributed by atoms with Gasteiger partial charge in [0.05, 0.1) is 37.7 Å². The Bertz CT molecular complexity index is 5830. The van der Waals surface area contributed by atoms with Crippen molar-refractivity contribution >= 4 is 105 Å². The maximum Gasteiger partial charge on any atom is 0.416 e. The average molecular weight is 1920 g/mol. The van der Waals surface area contributed by atoms with Gasteiger partial charge in [-0.05, 0) is 190 Å². The van der Waals surface area contributed by atoms with Gasteiger partial charge in [-0.15, -0.1) is 25.7 Å². The second-order valence-electron chi connectivity index (χ2n) is 31.9. The molecule has 0 bridgehead atoms. The summed E-state index contributed by atoms with van der Waals surface area (Å²) < 4.78 is 171. The fourth-order valence-electron chi connectivity index (χ4n) is 16.4. The monoisotopic (exact) mass is 1910 g/mol. The summed E-state index contributed by atoms with van der Waals surface area (Å²) in [6.07, 6.45) is 20.1. The van der Waals surface area contributed by atoms with Crippen molar-refractivity contribution in [2.24, 2.45) is 0 Å². The molecular formula is C97H88Cl2F12N10O14. The van der Waals surface area contributed by atoms with E-state index in [-0.39, 0.29) is 92.4 Å². The summed E-state index contributed by atoms with van der Waals surface area (Å²) in [4.78, 5) is 130. The molecule has 24 nitrogen and oxygen atoms in total. The Morgan fingerprint density at radius 2 is 0.674 bits per heavy atom. The number of amides is 8. The van der Waals surface area contributed by atoms with Gasteiger partial charge in [-0.25, -0.2) is 0 Å². The molecular weight excluding hydrogens is 1830 g/mol. The Labute approximate surface area is 777 Å². The number of ether oxygens (including phenoxy) is 2. The van der Waals surface area contributed by atoms with Crippen LogP contribution in [0.25, 0.3) is 0 Å². The van der Waals surface area contributed by atoms with E-state index in [4.69, 9.17) is 58.4 Å². The van der Waals surface area contributed by atoms with E-state index in [9.17, 15) is 111 Å². The van der Waals surface area contributed by atoms with Gasteiger partial charge in [0.1, 0.15) is 24.2 Å². The normalized spacial score (nSPS) is 15.5. The van der Waals surface area contributed by atoms with Crippen molar-refractivity contribution in [1.82, 2.24) is 21.3 Å². The maximum atomic E-state index is 13.6. The van der Waals surface area contributed by atoms with Crippen molar-refractivity contribution in [2.75, 3.05) is 26.4 Å². The van der Waals surface area contributed by atoms with Gasteiger partial charge in [0.15, 0.2) is 11.5 Å². The Morgan fingerprint density at radius 1 is 0.363 bits per heavy atom. The minimum atomic E-state index is -4.72. The van der Waals surface area contributed by atoms with Gasteiger partial charge >= 0.3 is 48.3 Å². The van der Waals surface area contributed by atoms with Crippen LogP contribution in [0.1, 0.15) is 197 Å². The Balaban J connectivity index is 0.000000186. The van der Waals surface area contributed by atoms with E-state index in [1.165, 1.54) is 78.9 Å². The smallest absolute Gasteiger partial charge is 0.416 e. The second-order valence-corrected chi connectivity index (χ2v) is 32.7. The third kappa shape index (κ3) is 27.1. The molecule has 38 heteroatoms. The number of hydrogen-bond acceptors (Lipinski definition) is 14. The molecule has 4 fully saturated rings. The van der Waals surface area contributed by atoms with Crippen LogP contribution in [0, 0.1) is 69.6 Å². The van der Waals surface area contributed by atoms with E-state index < -0.39 is 134 Å². The topological polar surface area (TPSA) is 302 Å². The lowest BCUT2D eigenvalue weighted by Gasteiger charge is -2.33. The highest BCUT2D eigenvalue weighted by Crippen LogP contribution is 2.46. The summed E-state index contributed by atoms with van der Waals surface area (Å²) in [5, 5.41) is 34.7. The van der Waals surface area contributed by atoms with E-state index >= 15 is 0 Å². The average Bonchev–Trinajstić information content (AvgIpc) is 1.77. The molecule has 8 aromatic rings. The molecule has 4 saturated carbocycles. The number of carbonyl (C=O) groups excluding carboxylic acids is 8. The first-order chi connectivity index (χ1) is 64.1. The van der Waals surface area contributed by atoms with Crippen molar-refractivity contribution < 1.29 is 110 Å². The number of alkyl halides is 12. The third-order valence-corrected chi connectivity index (χ3v) is 23.4. The van der Waals surface area contributed by atoms with Crippen LogP contribution < -0.4 is 50.3 Å². The summed E-state index contributed by atoms with van der Waals surface area (Å²) in [6, 6.07) is 28.8. The minimum absolute atomic E-state index is 0.0769. The molecule has 1 heterocycles. The first-order valence-corrected chi connectivity index (χ1v) is 43.3. The fourth-order valence-corrected chi connectivity index (χ4v) is 16.9. The Kier molecular flexibility index (Phi) is 35.5. The molecule has 13 rings (SSSR count). The fraction of sp³-hybridized carbons (Fsp3) is 0.340. The predicted octanol–water partition coefficient (Wildman–Crippen LogP) is 20.3. The Morgan fingerprint density at radius 3 is 1.00 bits per heavy atom. The lowest BCUT2D eigenvalue weighted by Crippen LogP contribution is -2.47. The quantitative estimate of drug-likeness (QED) is 0.0212. The van der Waals surface area contributed by atoms with Crippen LogP contribution in [0.15, 0.2) is 182 Å². The zero-order valence-corrected chi connectivity index (χ0v) is 73.3. The highest BCUT2D eigenvalue weighted by Gasteiger charge is 2.45. The number of fused-ring (bicyclic) bond motifs is 1. The number of terminal acetylenes is 4. The summed E-state index contributed by atoms with van der Waals surface area (Å²) in [7, 11) is 0. The molecule has 135 heavy (non-hydrogen) atoms. The molecule has 4 atom stereocenters. The highest BCUT2D eigenvalue weighted by molar-refractivity contribution is 6.35. The molecule has 4 N–H and O–H groups in total. The third-order valence-electron chi connectivity index (χ3n) is 22.8. The number of nitrogens with zero attached hydrogens (tertiary/aromatic N) is 6. The van der Waals surface area contributed by atoms with Gasteiger partial charge in [-0.1, -0.05) is 155 Å². The van der Waals surface area contributed by atoms with Crippen LogP contribution in [0.4, 0.5) is 86.8 Å². The van der Waals surface area contributed by atoms with E-state index in [0.717, 1.165) is 209 Å². The molecule has 708 valence electrons. The number of para-hydroxylation sites is 2. The zero-order valence-electron chi connectivity index (χ0n) is 71.8. The number of benzene rings is 8. The van der Waals surface area contributed by atoms with Gasteiger partial charge in [-0.3, -0.25) is 78.2 Å². The molecule has 1 aliphatic heterocycles. The number of halogens is 14. The highest BCUT2D eigenvalue weighted by atomic mass is 35.5. The summed E-state index contributed by atoms with van der Waals surface area (Å²) in [6.45, 7) is -0.0873. The van der Waals surface area contributed by atoms with Gasteiger partial charge in [-0.2, -0.15) is 52.7 Å². The van der Waals surface area contributed by atoms with E-state index in [1.54, 1.807) is 18.2 Å². The van der Waals surface area contributed by atoms with Crippen LogP contribution in [-0.2, 0) is 63.1 Å². The van der Waals surface area contributed by atoms with Gasteiger partial charge < -0.3 is 30.7 Å². The molecule has 0 aromatic heterocycles. The summed E-state index contributed by atoms with van der Waals surface area (Å²) >= 11 is 12.4. The van der Waals surface area contributed by atoms with Crippen molar-refractivity contribution in [1.29, 1.82) is 0 Å². The van der Waals surface area contributed by atoms with Crippen molar-refractivity contribution in [3.63, 3.8) is 0 Å². The largest absolute Gasteiger partial charge is 0.454 e. The predicted molar refractivity (Wildman–Crippen MR) is 477 cm³/mol. The summed E-state index contributed by atoms with van der Waals surface area (Å²) in [5.74, 6) is 1.57. The Hall–Kier alpha value is -14.1. The molecule has 5 aliphatic rings. The van der Waals surface area contributed by atoms with Crippen molar-refractivity contribution in [3.8, 4) is 60.9 Å². The molecule has 0 radical (unpaired) electrons. The van der Waals surface area contributed by atoms with Crippen LogP contribution in [0.3, 0.4) is 0 Å². The first kappa shape index (κ1) is 103. The molecule has 4 aliphatic carbocycles. The number of carbonyl (C=O) groups is 8. The van der Waals surface area contributed by atoms with Crippen LogP contribution in [-0.4, -0.2) is 88.1 Å². The van der Waals surface area contributed by atoms with Gasteiger partial charge in [0, 0.05) is 86.3 Å². The summed E-state index contributed by atoms with van der Waals surface area (Å²) in [5.41, 5.74) is -5.14. The number of nitro groups is 2. The number of anilines is 4. The second kappa shape index (κ2) is 46.5. The number of non-ortho nitro benzene ring substituents is 1. The molecule has 8 amide bonds. The van der Waals surface area contributed by atoms with E-state index in [2.05, 4.69) is 21.3 Å².